The van der Waals surface area contributed by atoms with Crippen molar-refractivity contribution in [3.63, 3.8) is 0 Å². The highest BCUT2D eigenvalue weighted by atomic mass is 16.1. The second kappa shape index (κ2) is 5.55. The number of carbonyl (C=O) groups is 1. The lowest BCUT2D eigenvalue weighted by atomic mass is 10.0. The average molecular weight is 191 g/mol. The zero-order chi connectivity index (χ0) is 10.4. The zero-order valence-electron chi connectivity index (χ0n) is 8.84. The van der Waals surface area contributed by atoms with Gasteiger partial charge in [0.25, 0.3) is 0 Å². The third kappa shape index (κ3) is 2.96. The Kier molecular flexibility index (Phi) is 4.33. The van der Waals surface area contributed by atoms with E-state index in [1.54, 1.807) is 0 Å². The fourth-order valence-electron chi connectivity index (χ4n) is 1.45. The number of Topliss-reactive ketones (excluding diaryl/α,β-unsaturated/α-hetero) is 1. The van der Waals surface area contributed by atoms with Gasteiger partial charge in [0.15, 0.2) is 5.78 Å². The van der Waals surface area contributed by atoms with Crippen LogP contribution in [0.3, 0.4) is 0 Å². The van der Waals surface area contributed by atoms with E-state index in [0.29, 0.717) is 6.42 Å². The molecule has 76 valence electrons. The molecule has 1 aromatic carbocycles. The molecule has 0 aliphatic carbocycles. The Hall–Kier alpha value is -1.15. The highest BCUT2D eigenvalue weighted by Gasteiger charge is 2.06. The Morgan fingerprint density at radius 3 is 2.71 bits per heavy atom. The van der Waals surface area contributed by atoms with Crippen LogP contribution < -0.4 is 5.32 Å². The molecule has 0 bridgehead atoms. The Bertz CT molecular complexity index is 307. The zero-order valence-corrected chi connectivity index (χ0v) is 8.84. The molecule has 14 heavy (non-hydrogen) atoms. The van der Waals surface area contributed by atoms with Gasteiger partial charge in [-0.25, -0.2) is 0 Å². The van der Waals surface area contributed by atoms with Crippen molar-refractivity contribution in [1.29, 1.82) is 0 Å². The second-order valence-corrected chi connectivity index (χ2v) is 3.45. The van der Waals surface area contributed by atoms with Crippen LogP contribution in [0.4, 0.5) is 0 Å². The number of ketones is 1. The molecule has 0 radical (unpaired) electrons. The smallest absolute Gasteiger partial charge is 0.163 e. The summed E-state index contributed by atoms with van der Waals surface area (Å²) in [5, 5.41) is 3.04. The SMILES string of the molecule is CNCCCC(=O)c1ccccc1C. The molecule has 0 unspecified atom stereocenters. The van der Waals surface area contributed by atoms with Crippen LogP contribution in [0.2, 0.25) is 0 Å². The van der Waals surface area contributed by atoms with E-state index in [0.717, 1.165) is 24.1 Å². The second-order valence-electron chi connectivity index (χ2n) is 3.45. The van der Waals surface area contributed by atoms with Gasteiger partial charge in [0.05, 0.1) is 0 Å². The van der Waals surface area contributed by atoms with Crippen LogP contribution >= 0.6 is 0 Å². The van der Waals surface area contributed by atoms with Crippen molar-refractivity contribution in [3.05, 3.63) is 35.4 Å². The minimum absolute atomic E-state index is 0.248. The Morgan fingerprint density at radius 1 is 1.36 bits per heavy atom. The van der Waals surface area contributed by atoms with Crippen LogP contribution in [0.1, 0.15) is 28.8 Å². The molecule has 0 aromatic heterocycles. The van der Waals surface area contributed by atoms with Crippen molar-refractivity contribution in [3.8, 4) is 0 Å². The normalized spacial score (nSPS) is 10.1. The van der Waals surface area contributed by atoms with Gasteiger partial charge in [-0.1, -0.05) is 24.3 Å². The molecule has 1 rings (SSSR count). The molecule has 0 saturated heterocycles. The first-order valence-corrected chi connectivity index (χ1v) is 4.99. The maximum atomic E-state index is 11.7. The number of carbonyl (C=O) groups excluding carboxylic acids is 1. The standard InChI is InChI=1S/C12H17NO/c1-10-6-3-4-7-11(10)12(14)8-5-9-13-2/h3-4,6-7,13H,5,8-9H2,1-2H3. The summed E-state index contributed by atoms with van der Waals surface area (Å²) in [6, 6.07) is 7.75. The van der Waals surface area contributed by atoms with Crippen LogP contribution in [0.5, 0.6) is 0 Å². The van der Waals surface area contributed by atoms with Crippen LogP contribution in [0, 0.1) is 6.92 Å². The largest absolute Gasteiger partial charge is 0.320 e. The molecule has 0 heterocycles. The van der Waals surface area contributed by atoms with Gasteiger partial charge >= 0.3 is 0 Å². The van der Waals surface area contributed by atoms with Crippen molar-refractivity contribution >= 4 is 5.78 Å². The van der Waals surface area contributed by atoms with Gasteiger partial charge in [-0.2, -0.15) is 0 Å². The minimum Gasteiger partial charge on any atom is -0.320 e. The van der Waals surface area contributed by atoms with E-state index in [4.69, 9.17) is 0 Å². The van der Waals surface area contributed by atoms with Crippen LogP contribution in [0.25, 0.3) is 0 Å². The fourth-order valence-corrected chi connectivity index (χ4v) is 1.45. The third-order valence-electron chi connectivity index (χ3n) is 2.28. The predicted octanol–water partition coefficient (Wildman–Crippen LogP) is 2.18. The van der Waals surface area contributed by atoms with Gasteiger partial charge in [-0.15, -0.1) is 0 Å². The highest BCUT2D eigenvalue weighted by molar-refractivity contribution is 5.97. The van der Waals surface area contributed by atoms with Crippen molar-refractivity contribution < 1.29 is 4.79 Å². The van der Waals surface area contributed by atoms with Gasteiger partial charge < -0.3 is 5.32 Å². The Morgan fingerprint density at radius 2 is 2.07 bits per heavy atom. The first kappa shape index (κ1) is 10.9. The molecule has 1 N–H and O–H groups in total. The van der Waals surface area contributed by atoms with E-state index in [2.05, 4.69) is 5.32 Å². The number of rotatable bonds is 5. The lowest BCUT2D eigenvalue weighted by Crippen LogP contribution is -2.10. The molecule has 0 saturated carbocycles. The Balaban J connectivity index is 2.56. The topological polar surface area (TPSA) is 29.1 Å². The van der Waals surface area contributed by atoms with E-state index in [-0.39, 0.29) is 5.78 Å². The molecule has 0 aliphatic rings. The molecule has 2 heteroatoms. The highest BCUT2D eigenvalue weighted by Crippen LogP contribution is 2.10. The lowest BCUT2D eigenvalue weighted by Gasteiger charge is -2.03. The first-order valence-electron chi connectivity index (χ1n) is 4.99. The first-order chi connectivity index (χ1) is 6.75. The van der Waals surface area contributed by atoms with Crippen LogP contribution in [0.15, 0.2) is 24.3 Å². The van der Waals surface area contributed by atoms with Gasteiger partial charge in [0.2, 0.25) is 0 Å². The number of hydrogen-bond acceptors (Lipinski definition) is 2. The van der Waals surface area contributed by atoms with Crippen molar-refractivity contribution in [2.24, 2.45) is 0 Å². The predicted molar refractivity (Wildman–Crippen MR) is 58.7 cm³/mol. The average Bonchev–Trinajstić information content (AvgIpc) is 2.18. The van der Waals surface area contributed by atoms with Crippen molar-refractivity contribution in [2.45, 2.75) is 19.8 Å². The summed E-state index contributed by atoms with van der Waals surface area (Å²) in [6.07, 6.45) is 1.54. The van der Waals surface area contributed by atoms with Gasteiger partial charge in [0, 0.05) is 12.0 Å². The van der Waals surface area contributed by atoms with Gasteiger partial charge in [0.1, 0.15) is 0 Å². The van der Waals surface area contributed by atoms with Crippen molar-refractivity contribution in [1.82, 2.24) is 5.32 Å². The quantitative estimate of drug-likeness (QED) is 0.571. The summed E-state index contributed by atoms with van der Waals surface area (Å²) in [5.74, 6) is 0.248. The monoisotopic (exact) mass is 191 g/mol. The van der Waals surface area contributed by atoms with Crippen molar-refractivity contribution in [2.75, 3.05) is 13.6 Å². The minimum atomic E-state index is 0.248. The van der Waals surface area contributed by atoms with Gasteiger partial charge in [-0.3, -0.25) is 4.79 Å². The molecule has 2 nitrogen and oxygen atoms in total. The summed E-state index contributed by atoms with van der Waals surface area (Å²) in [4.78, 5) is 11.7. The molecule has 0 amide bonds. The number of aryl methyl sites for hydroxylation is 1. The maximum Gasteiger partial charge on any atom is 0.163 e. The Labute approximate surface area is 85.3 Å². The summed E-state index contributed by atoms with van der Waals surface area (Å²) < 4.78 is 0. The van der Waals surface area contributed by atoms with E-state index >= 15 is 0 Å². The summed E-state index contributed by atoms with van der Waals surface area (Å²) in [7, 11) is 1.90. The summed E-state index contributed by atoms with van der Waals surface area (Å²) in [5.41, 5.74) is 1.94. The van der Waals surface area contributed by atoms with E-state index in [9.17, 15) is 4.79 Å². The van der Waals surface area contributed by atoms with Gasteiger partial charge in [-0.05, 0) is 32.5 Å². The molecule has 0 spiro atoms. The molecular formula is C12H17NO. The molecular weight excluding hydrogens is 174 g/mol. The molecule has 0 aliphatic heterocycles. The molecule has 1 aromatic rings. The van der Waals surface area contributed by atoms with E-state index in [1.165, 1.54) is 0 Å². The number of hydrogen-bond donors (Lipinski definition) is 1. The van der Waals surface area contributed by atoms with E-state index < -0.39 is 0 Å². The lowest BCUT2D eigenvalue weighted by molar-refractivity contribution is 0.0979. The third-order valence-corrected chi connectivity index (χ3v) is 2.28. The van der Waals surface area contributed by atoms with Crippen LogP contribution in [-0.4, -0.2) is 19.4 Å². The van der Waals surface area contributed by atoms with E-state index in [1.807, 2.05) is 38.2 Å². The number of nitrogens with one attached hydrogen (secondary N) is 1. The maximum absolute atomic E-state index is 11.7. The molecule has 0 atom stereocenters. The summed E-state index contributed by atoms with van der Waals surface area (Å²) in [6.45, 7) is 2.88. The molecule has 0 fully saturated rings. The number of benzene rings is 1. The fraction of sp³-hybridized carbons (Fsp3) is 0.417. The van der Waals surface area contributed by atoms with Crippen LogP contribution in [-0.2, 0) is 0 Å². The summed E-state index contributed by atoms with van der Waals surface area (Å²) >= 11 is 0.